The third-order valence-corrected chi connectivity index (χ3v) is 8.54. The minimum Gasteiger partial charge on any atom is -0.368 e. The van der Waals surface area contributed by atoms with Gasteiger partial charge in [-0.3, -0.25) is 14.6 Å². The lowest BCUT2D eigenvalue weighted by atomic mass is 9.69. The Bertz CT molecular complexity index is 1380. The second-order valence-electron chi connectivity index (χ2n) is 11.3. The van der Waals surface area contributed by atoms with Crippen LogP contribution in [0.15, 0.2) is 106 Å². The highest BCUT2D eigenvalue weighted by Gasteiger charge is 2.45. The molecular formula is C33H39N7O2. The Morgan fingerprint density at radius 1 is 0.881 bits per heavy atom. The SMILES string of the molecule is CN(C)C(=O)C(CCN1CCC(C2=NN(CC(N)=O)CN=N2)(c2ccccc2)CC1)(c1ccccc1)c1ccccc1. The quantitative estimate of drug-likeness (QED) is 0.401. The highest BCUT2D eigenvalue weighted by Crippen LogP contribution is 2.41. The van der Waals surface area contributed by atoms with E-state index in [1.54, 1.807) is 9.91 Å². The highest BCUT2D eigenvalue weighted by atomic mass is 16.2. The van der Waals surface area contributed by atoms with E-state index in [0.29, 0.717) is 12.3 Å². The lowest BCUT2D eigenvalue weighted by Gasteiger charge is -2.43. The smallest absolute Gasteiger partial charge is 0.238 e. The predicted octanol–water partition coefficient (Wildman–Crippen LogP) is 4.01. The number of benzene rings is 3. The summed E-state index contributed by atoms with van der Waals surface area (Å²) in [5.74, 6) is 0.236. The van der Waals surface area contributed by atoms with E-state index in [-0.39, 0.29) is 19.1 Å². The van der Waals surface area contributed by atoms with E-state index in [2.05, 4.69) is 51.5 Å². The third-order valence-electron chi connectivity index (χ3n) is 8.54. The number of hydrogen-bond acceptors (Lipinski definition) is 7. The van der Waals surface area contributed by atoms with Gasteiger partial charge in [0.1, 0.15) is 18.6 Å². The number of primary amides is 1. The van der Waals surface area contributed by atoms with Crippen LogP contribution in [0.5, 0.6) is 0 Å². The average molecular weight is 566 g/mol. The van der Waals surface area contributed by atoms with Crippen molar-refractivity contribution in [2.24, 2.45) is 21.1 Å². The van der Waals surface area contributed by atoms with Crippen LogP contribution in [0.4, 0.5) is 0 Å². The van der Waals surface area contributed by atoms with Crippen LogP contribution in [0.1, 0.15) is 36.0 Å². The zero-order valence-corrected chi connectivity index (χ0v) is 24.4. The summed E-state index contributed by atoms with van der Waals surface area (Å²) < 4.78 is 0. The lowest BCUT2D eigenvalue weighted by Crippen LogP contribution is -2.50. The number of hydrogen-bond donors (Lipinski definition) is 1. The second-order valence-corrected chi connectivity index (χ2v) is 11.3. The molecule has 3 aromatic carbocycles. The number of carbonyl (C=O) groups is 2. The molecule has 5 rings (SSSR count). The van der Waals surface area contributed by atoms with Crippen molar-refractivity contribution >= 4 is 17.6 Å². The molecule has 2 heterocycles. The summed E-state index contributed by atoms with van der Waals surface area (Å²) >= 11 is 0. The van der Waals surface area contributed by atoms with E-state index < -0.39 is 16.7 Å². The predicted molar refractivity (Wildman–Crippen MR) is 164 cm³/mol. The van der Waals surface area contributed by atoms with Crippen molar-refractivity contribution in [3.8, 4) is 0 Å². The molecule has 0 unspecified atom stereocenters. The summed E-state index contributed by atoms with van der Waals surface area (Å²) in [4.78, 5) is 29.8. The number of amidine groups is 1. The first-order valence-electron chi connectivity index (χ1n) is 14.5. The molecule has 0 spiro atoms. The number of hydrazone groups is 1. The van der Waals surface area contributed by atoms with Gasteiger partial charge in [0.2, 0.25) is 11.8 Å². The van der Waals surface area contributed by atoms with Gasteiger partial charge in [-0.05, 0) is 55.6 Å². The molecule has 0 saturated carbocycles. The summed E-state index contributed by atoms with van der Waals surface area (Å²) in [5.41, 5.74) is 7.33. The fourth-order valence-corrected chi connectivity index (χ4v) is 6.33. The molecule has 2 aliphatic rings. The Balaban J connectivity index is 1.42. The van der Waals surface area contributed by atoms with Crippen LogP contribution in [0.25, 0.3) is 0 Å². The van der Waals surface area contributed by atoms with Gasteiger partial charge in [0.05, 0.1) is 5.41 Å². The van der Waals surface area contributed by atoms with E-state index in [0.717, 1.165) is 49.2 Å². The Morgan fingerprint density at radius 3 is 1.95 bits per heavy atom. The van der Waals surface area contributed by atoms with Gasteiger partial charge < -0.3 is 15.5 Å². The Hall–Kier alpha value is -4.37. The van der Waals surface area contributed by atoms with Crippen LogP contribution >= 0.6 is 0 Å². The minimum absolute atomic E-state index is 0.000469. The van der Waals surface area contributed by atoms with Gasteiger partial charge in [0, 0.05) is 14.1 Å². The fraction of sp³-hybridized carbons (Fsp3) is 0.364. The number of piperidine rings is 1. The van der Waals surface area contributed by atoms with Gasteiger partial charge >= 0.3 is 0 Å². The van der Waals surface area contributed by atoms with E-state index in [9.17, 15) is 9.59 Å². The molecule has 0 radical (unpaired) electrons. The molecule has 42 heavy (non-hydrogen) atoms. The molecule has 2 amide bonds. The normalized spacial score (nSPS) is 17.0. The van der Waals surface area contributed by atoms with Gasteiger partial charge in [-0.15, -0.1) is 5.11 Å². The second kappa shape index (κ2) is 12.7. The molecule has 9 heteroatoms. The van der Waals surface area contributed by atoms with Crippen molar-refractivity contribution in [1.82, 2.24) is 14.8 Å². The number of nitrogens with zero attached hydrogens (tertiary/aromatic N) is 6. The van der Waals surface area contributed by atoms with Gasteiger partial charge in [0.25, 0.3) is 0 Å². The van der Waals surface area contributed by atoms with Crippen molar-refractivity contribution in [2.75, 3.05) is 46.9 Å². The van der Waals surface area contributed by atoms with E-state index in [1.807, 2.05) is 68.7 Å². The van der Waals surface area contributed by atoms with Crippen molar-refractivity contribution in [2.45, 2.75) is 30.1 Å². The maximum Gasteiger partial charge on any atom is 0.238 e. The summed E-state index contributed by atoms with van der Waals surface area (Å²) in [6.07, 6.45) is 2.21. The number of likely N-dealkylation sites (N-methyl/N-ethyl adjacent to an activating group) is 1. The zero-order valence-electron chi connectivity index (χ0n) is 24.4. The summed E-state index contributed by atoms with van der Waals surface area (Å²) in [7, 11) is 3.66. The standard InChI is InChI=1S/C33H39N7O2/c1-38(2)31(42)33(27-14-8-4-9-15-27,28-16-10-5-11-17-28)20-23-39-21-18-32(19-22-39,26-12-6-3-7-13-26)30-36-35-25-40(37-30)24-29(34)41/h3-17H,18-25H2,1-2H3,(H2,34,41). The number of nitrogens with two attached hydrogens (primary N) is 1. The van der Waals surface area contributed by atoms with Gasteiger partial charge in [-0.25, -0.2) is 0 Å². The van der Waals surface area contributed by atoms with Crippen LogP contribution < -0.4 is 5.73 Å². The highest BCUT2D eigenvalue weighted by molar-refractivity contribution is 5.94. The first kappa shape index (κ1) is 29.1. The number of likely N-dealkylation sites (tertiary alicyclic amines) is 1. The van der Waals surface area contributed by atoms with Crippen molar-refractivity contribution in [1.29, 1.82) is 0 Å². The summed E-state index contributed by atoms with van der Waals surface area (Å²) in [5, 5.41) is 15.1. The number of rotatable bonds is 10. The van der Waals surface area contributed by atoms with Gasteiger partial charge in [-0.2, -0.15) is 10.2 Å². The largest absolute Gasteiger partial charge is 0.368 e. The van der Waals surface area contributed by atoms with Crippen LogP contribution in [0, 0.1) is 0 Å². The van der Waals surface area contributed by atoms with Crippen LogP contribution in [0.3, 0.4) is 0 Å². The van der Waals surface area contributed by atoms with Crippen molar-refractivity contribution in [3.05, 3.63) is 108 Å². The third kappa shape index (κ3) is 5.83. The van der Waals surface area contributed by atoms with Crippen LogP contribution in [-0.2, 0) is 20.4 Å². The van der Waals surface area contributed by atoms with E-state index in [1.165, 1.54) is 0 Å². The molecule has 218 valence electrons. The van der Waals surface area contributed by atoms with Crippen molar-refractivity contribution in [3.63, 3.8) is 0 Å². The maximum atomic E-state index is 14.1. The van der Waals surface area contributed by atoms with E-state index in [4.69, 9.17) is 10.8 Å². The van der Waals surface area contributed by atoms with Gasteiger partial charge in [0.15, 0.2) is 5.84 Å². The summed E-state index contributed by atoms with van der Waals surface area (Å²) in [6.45, 7) is 2.56. The zero-order chi connectivity index (χ0) is 29.6. The molecule has 0 atom stereocenters. The molecule has 2 aliphatic heterocycles. The Kier molecular flexibility index (Phi) is 8.77. The average Bonchev–Trinajstić information content (AvgIpc) is 3.03. The molecule has 2 N–H and O–H groups in total. The topological polar surface area (TPSA) is 107 Å². The minimum atomic E-state index is -0.809. The number of amides is 2. The van der Waals surface area contributed by atoms with Crippen LogP contribution in [0.2, 0.25) is 0 Å². The number of azo groups is 1. The molecule has 1 fully saturated rings. The monoisotopic (exact) mass is 565 g/mol. The first-order valence-corrected chi connectivity index (χ1v) is 14.5. The molecule has 9 nitrogen and oxygen atoms in total. The van der Waals surface area contributed by atoms with Crippen LogP contribution in [-0.4, -0.2) is 79.4 Å². The molecule has 0 bridgehead atoms. The number of carbonyl (C=O) groups excluding carboxylic acids is 2. The summed E-state index contributed by atoms with van der Waals surface area (Å²) in [6, 6.07) is 30.6. The van der Waals surface area contributed by atoms with Crippen molar-refractivity contribution < 1.29 is 9.59 Å². The Labute approximate surface area is 247 Å². The Morgan fingerprint density at radius 2 is 1.43 bits per heavy atom. The van der Waals surface area contributed by atoms with E-state index >= 15 is 0 Å². The first-order chi connectivity index (χ1) is 20.3. The molecule has 0 aromatic heterocycles. The fourth-order valence-electron chi connectivity index (χ4n) is 6.33. The van der Waals surface area contributed by atoms with Gasteiger partial charge in [-0.1, -0.05) is 91.0 Å². The molecular weight excluding hydrogens is 526 g/mol. The lowest BCUT2D eigenvalue weighted by molar-refractivity contribution is -0.133. The molecule has 1 saturated heterocycles. The molecule has 3 aromatic rings. The maximum absolute atomic E-state index is 14.1. The molecule has 0 aliphatic carbocycles.